The molecular weight excluding hydrogens is 119 g/mol. The Hall–Kier alpha value is -0.715. The fourth-order valence-electron chi connectivity index (χ4n) is 1.21. The van der Waals surface area contributed by atoms with Crippen LogP contribution in [-0.2, 0) is 0 Å². The molecule has 0 saturated carbocycles. The summed E-state index contributed by atoms with van der Waals surface area (Å²) in [6.45, 7) is 6.31. The van der Waals surface area contributed by atoms with Crippen LogP contribution in [0.5, 0.6) is 0 Å². The van der Waals surface area contributed by atoms with Gasteiger partial charge in [0.15, 0.2) is 0 Å². The minimum Gasteiger partial charge on any atom is -0.0868 e. The summed E-state index contributed by atoms with van der Waals surface area (Å²) < 4.78 is 0. The monoisotopic (exact) mass is 131 g/mol. The summed E-state index contributed by atoms with van der Waals surface area (Å²) in [4.78, 5) is 0. The molecule has 1 aromatic rings. The lowest BCUT2D eigenvalue weighted by Gasteiger charge is -2.05. The van der Waals surface area contributed by atoms with E-state index < -0.39 is 0 Å². The number of aryl methyl sites for hydroxylation is 3. The van der Waals surface area contributed by atoms with Crippen LogP contribution in [0.1, 0.15) is 16.7 Å². The maximum atomic E-state index is 3.96. The Labute approximate surface area is 63.7 Å². The average Bonchev–Trinajstić information content (AvgIpc) is 1.82. The average molecular weight is 131 g/mol. The van der Waals surface area contributed by atoms with Gasteiger partial charge in [0, 0.05) is 0 Å². The third-order valence-corrected chi connectivity index (χ3v) is 1.84. The SMILES string of the molecule is [BH]c1c(C)cc(C)cc1C. The van der Waals surface area contributed by atoms with E-state index in [-0.39, 0.29) is 0 Å². The van der Waals surface area contributed by atoms with Gasteiger partial charge in [-0.2, -0.15) is 0 Å². The van der Waals surface area contributed by atoms with Crippen molar-refractivity contribution >= 4 is 13.3 Å². The van der Waals surface area contributed by atoms with Gasteiger partial charge in [0.2, 0.25) is 0 Å². The molecule has 10 heavy (non-hydrogen) atoms. The summed E-state index contributed by atoms with van der Waals surface area (Å²) in [6.07, 6.45) is 0. The highest BCUT2D eigenvalue weighted by Gasteiger charge is 1.95. The molecule has 1 aromatic carbocycles. The molecule has 0 heterocycles. The van der Waals surface area contributed by atoms with Gasteiger partial charge in [0.1, 0.15) is 7.85 Å². The molecule has 0 fully saturated rings. The van der Waals surface area contributed by atoms with E-state index in [1.807, 2.05) is 0 Å². The van der Waals surface area contributed by atoms with Crippen molar-refractivity contribution in [2.75, 3.05) is 0 Å². The summed E-state index contributed by atoms with van der Waals surface area (Å²) >= 11 is 0. The van der Waals surface area contributed by atoms with Crippen LogP contribution in [0.3, 0.4) is 0 Å². The first-order valence-electron chi connectivity index (χ1n) is 3.51. The molecule has 1 radical (unpaired) electrons. The topological polar surface area (TPSA) is 0 Å². The maximum Gasteiger partial charge on any atom is 0.130 e. The number of benzene rings is 1. The van der Waals surface area contributed by atoms with Crippen LogP contribution in [0.25, 0.3) is 0 Å². The van der Waals surface area contributed by atoms with E-state index >= 15 is 0 Å². The highest BCUT2D eigenvalue weighted by Crippen LogP contribution is 2.03. The number of hydrogen-bond acceptors (Lipinski definition) is 0. The van der Waals surface area contributed by atoms with Crippen molar-refractivity contribution in [2.24, 2.45) is 0 Å². The molecule has 0 aliphatic carbocycles. The van der Waals surface area contributed by atoms with Gasteiger partial charge in [-0.1, -0.05) is 34.3 Å². The lowest BCUT2D eigenvalue weighted by molar-refractivity contribution is 1.35. The van der Waals surface area contributed by atoms with Gasteiger partial charge in [0.25, 0.3) is 0 Å². The second-order valence-electron chi connectivity index (χ2n) is 2.88. The summed E-state index contributed by atoms with van der Waals surface area (Å²) in [5.41, 5.74) is 5.07. The van der Waals surface area contributed by atoms with Gasteiger partial charge < -0.3 is 0 Å². The van der Waals surface area contributed by atoms with E-state index in [0.717, 1.165) is 0 Å². The van der Waals surface area contributed by atoms with Crippen molar-refractivity contribution in [3.63, 3.8) is 0 Å². The molecule has 0 saturated heterocycles. The van der Waals surface area contributed by atoms with E-state index in [0.29, 0.717) is 0 Å². The summed E-state index contributed by atoms with van der Waals surface area (Å²) in [7, 11) is 3.96. The predicted octanol–water partition coefficient (Wildman–Crippen LogP) is 1.14. The summed E-state index contributed by atoms with van der Waals surface area (Å²) in [5.74, 6) is 0. The van der Waals surface area contributed by atoms with E-state index in [1.54, 1.807) is 0 Å². The van der Waals surface area contributed by atoms with Crippen molar-refractivity contribution in [1.82, 2.24) is 0 Å². The largest absolute Gasteiger partial charge is 0.130 e. The molecule has 0 amide bonds. The highest BCUT2D eigenvalue weighted by atomic mass is 14.0. The zero-order chi connectivity index (χ0) is 7.72. The Morgan fingerprint density at radius 2 is 1.40 bits per heavy atom. The predicted molar refractivity (Wildman–Crippen MR) is 47.4 cm³/mol. The van der Waals surface area contributed by atoms with Crippen molar-refractivity contribution in [1.29, 1.82) is 0 Å². The van der Waals surface area contributed by atoms with Gasteiger partial charge in [-0.05, 0) is 20.8 Å². The fourth-order valence-corrected chi connectivity index (χ4v) is 1.21. The molecule has 0 unspecified atom stereocenters. The Bertz CT molecular complexity index is 228. The van der Waals surface area contributed by atoms with E-state index in [4.69, 9.17) is 0 Å². The summed E-state index contributed by atoms with van der Waals surface area (Å²) in [6, 6.07) is 4.32. The van der Waals surface area contributed by atoms with Gasteiger partial charge in [0.05, 0.1) is 0 Å². The van der Waals surface area contributed by atoms with Crippen molar-refractivity contribution < 1.29 is 0 Å². The fraction of sp³-hybridized carbons (Fsp3) is 0.333. The van der Waals surface area contributed by atoms with Crippen LogP contribution in [0.4, 0.5) is 0 Å². The maximum absolute atomic E-state index is 3.96. The minimum atomic E-state index is 1.17. The molecule has 0 aliphatic heterocycles. The van der Waals surface area contributed by atoms with E-state index in [2.05, 4.69) is 40.8 Å². The third kappa shape index (κ3) is 1.23. The quantitative estimate of drug-likeness (QED) is 0.463. The Morgan fingerprint density at radius 3 is 1.80 bits per heavy atom. The number of hydrogen-bond donors (Lipinski definition) is 0. The van der Waals surface area contributed by atoms with E-state index in [1.165, 1.54) is 22.2 Å². The zero-order valence-electron chi connectivity index (χ0n) is 6.86. The molecule has 0 atom stereocenters. The Kier molecular flexibility index (Phi) is 1.84. The van der Waals surface area contributed by atoms with Crippen LogP contribution in [0, 0.1) is 20.8 Å². The first-order valence-corrected chi connectivity index (χ1v) is 3.51. The molecule has 0 aliphatic rings. The second kappa shape index (κ2) is 2.49. The molecule has 0 N–H and O–H groups in total. The molecule has 51 valence electrons. The normalized spacial score (nSPS) is 9.90. The molecule has 0 bridgehead atoms. The zero-order valence-corrected chi connectivity index (χ0v) is 6.86. The van der Waals surface area contributed by atoms with E-state index in [9.17, 15) is 0 Å². The molecule has 1 heteroatoms. The van der Waals surface area contributed by atoms with Crippen molar-refractivity contribution in [2.45, 2.75) is 20.8 Å². The molecule has 1 rings (SSSR count). The minimum absolute atomic E-state index is 1.17. The van der Waals surface area contributed by atoms with Crippen LogP contribution >= 0.6 is 0 Å². The van der Waals surface area contributed by atoms with Crippen LogP contribution in [-0.4, -0.2) is 7.85 Å². The third-order valence-electron chi connectivity index (χ3n) is 1.84. The smallest absolute Gasteiger partial charge is 0.0868 e. The molecular formula is C9H12B. The Morgan fingerprint density at radius 1 is 1.00 bits per heavy atom. The second-order valence-corrected chi connectivity index (χ2v) is 2.88. The first kappa shape index (κ1) is 7.39. The molecule has 0 nitrogen and oxygen atoms in total. The lowest BCUT2D eigenvalue weighted by Crippen LogP contribution is -2.11. The van der Waals surface area contributed by atoms with Gasteiger partial charge in [-0.25, -0.2) is 0 Å². The highest BCUT2D eigenvalue weighted by molar-refractivity contribution is 6.34. The molecule has 0 spiro atoms. The van der Waals surface area contributed by atoms with Gasteiger partial charge in [-0.3, -0.25) is 0 Å². The van der Waals surface area contributed by atoms with Gasteiger partial charge >= 0.3 is 0 Å². The van der Waals surface area contributed by atoms with Crippen LogP contribution in [0.2, 0.25) is 0 Å². The van der Waals surface area contributed by atoms with Crippen LogP contribution < -0.4 is 5.46 Å². The molecule has 0 aromatic heterocycles. The number of rotatable bonds is 0. The van der Waals surface area contributed by atoms with Crippen molar-refractivity contribution in [3.05, 3.63) is 28.8 Å². The standard InChI is InChI=1S/C9H12B/c1-6-4-7(2)9(10)8(3)5-6/h4-5,10H,1-3H3. The lowest BCUT2D eigenvalue weighted by atomic mass is 9.86. The van der Waals surface area contributed by atoms with Crippen molar-refractivity contribution in [3.8, 4) is 0 Å². The van der Waals surface area contributed by atoms with Crippen LogP contribution in [0.15, 0.2) is 12.1 Å². The summed E-state index contributed by atoms with van der Waals surface area (Å²) in [5, 5.41) is 0. The Balaban J connectivity index is 3.31. The first-order chi connectivity index (χ1) is 4.61. The van der Waals surface area contributed by atoms with Gasteiger partial charge in [-0.15, -0.1) is 0 Å².